The molecule has 3 aromatic rings. The van der Waals surface area contributed by atoms with Gasteiger partial charge in [0.15, 0.2) is 0 Å². The Morgan fingerprint density at radius 1 is 0.820 bits per heavy atom. The third-order valence-corrected chi connectivity index (χ3v) is 9.47. The van der Waals surface area contributed by atoms with Crippen LogP contribution >= 0.6 is 11.6 Å². The van der Waals surface area contributed by atoms with Gasteiger partial charge >= 0.3 is 12.2 Å². The van der Waals surface area contributed by atoms with E-state index in [1.165, 1.54) is 0 Å². The Bertz CT molecular complexity index is 1570. The van der Waals surface area contributed by atoms with Crippen LogP contribution in [-0.4, -0.2) is 75.5 Å². The van der Waals surface area contributed by atoms with E-state index in [0.717, 1.165) is 92.9 Å². The zero-order valence-electron chi connectivity index (χ0n) is 30.7. The Morgan fingerprint density at radius 2 is 1.50 bits per heavy atom. The fraction of sp³-hybridized carbons (Fsp3) is 0.615. The van der Waals surface area contributed by atoms with E-state index >= 15 is 0 Å². The number of fused-ring (bicyclic) bond motifs is 1. The number of hydrogen-bond acceptors (Lipinski definition) is 7. The summed E-state index contributed by atoms with van der Waals surface area (Å²) in [6.07, 6.45) is 6.37. The zero-order valence-corrected chi connectivity index (χ0v) is 31.5. The molecule has 1 aromatic heterocycles. The van der Waals surface area contributed by atoms with Crippen molar-refractivity contribution in [3.63, 3.8) is 0 Å². The van der Waals surface area contributed by atoms with Gasteiger partial charge in [0.05, 0.1) is 12.1 Å². The summed E-state index contributed by atoms with van der Waals surface area (Å²) in [6, 6.07) is 13.5. The third-order valence-electron chi connectivity index (χ3n) is 9.22. The number of benzene rings is 2. The summed E-state index contributed by atoms with van der Waals surface area (Å²) in [5.74, 6) is 3.24. The molecule has 0 bridgehead atoms. The van der Waals surface area contributed by atoms with Crippen LogP contribution < -0.4 is 9.47 Å². The summed E-state index contributed by atoms with van der Waals surface area (Å²) in [7, 11) is 0. The third kappa shape index (κ3) is 10.9. The first kappa shape index (κ1) is 37.6. The summed E-state index contributed by atoms with van der Waals surface area (Å²) in [5.41, 5.74) is 0.858. The van der Waals surface area contributed by atoms with E-state index in [1.807, 2.05) is 87.7 Å². The number of amides is 2. The lowest BCUT2D eigenvalue weighted by atomic mass is 9.93. The molecule has 0 aliphatic carbocycles. The Balaban J connectivity index is 1.21. The van der Waals surface area contributed by atoms with Crippen molar-refractivity contribution in [1.29, 1.82) is 0 Å². The Labute approximate surface area is 302 Å². The van der Waals surface area contributed by atoms with Crippen LogP contribution in [0.25, 0.3) is 11.0 Å². The molecule has 10 nitrogen and oxygen atoms in total. The molecule has 50 heavy (non-hydrogen) atoms. The average Bonchev–Trinajstić information content (AvgIpc) is 3.41. The SMILES string of the molecule is CC(C)(C)OC(=O)N1CCC(CCOc2cccc3c2nc(COc2ccc(Cl)cc2)n3CCCC2CCCN(C(=O)OC(C)(C)C)C2)CC1. The highest BCUT2D eigenvalue weighted by Crippen LogP contribution is 2.30. The van der Waals surface area contributed by atoms with Crippen LogP contribution in [0.1, 0.15) is 92.3 Å². The van der Waals surface area contributed by atoms with E-state index in [0.29, 0.717) is 43.2 Å². The van der Waals surface area contributed by atoms with Crippen molar-refractivity contribution in [2.24, 2.45) is 11.8 Å². The van der Waals surface area contributed by atoms with E-state index in [1.54, 1.807) is 0 Å². The zero-order chi connectivity index (χ0) is 35.9. The molecule has 3 heterocycles. The number of imidazole rings is 1. The highest BCUT2D eigenvalue weighted by Gasteiger charge is 2.29. The number of piperidine rings is 2. The van der Waals surface area contributed by atoms with Crippen LogP contribution in [0.3, 0.4) is 0 Å². The van der Waals surface area contributed by atoms with Crippen LogP contribution in [0.15, 0.2) is 42.5 Å². The molecular weight excluding hydrogens is 656 g/mol. The molecule has 0 saturated carbocycles. The minimum absolute atomic E-state index is 0.219. The van der Waals surface area contributed by atoms with E-state index in [-0.39, 0.29) is 12.2 Å². The van der Waals surface area contributed by atoms with Gasteiger partial charge in [0, 0.05) is 37.7 Å². The minimum Gasteiger partial charge on any atom is -0.491 e. The van der Waals surface area contributed by atoms with Crippen LogP contribution in [-0.2, 0) is 22.6 Å². The number of halogens is 1. The number of likely N-dealkylation sites (tertiary alicyclic amines) is 2. The van der Waals surface area contributed by atoms with Crippen molar-refractivity contribution in [3.8, 4) is 11.5 Å². The molecule has 0 N–H and O–H groups in total. The first-order valence-electron chi connectivity index (χ1n) is 18.2. The summed E-state index contributed by atoms with van der Waals surface area (Å²) in [6.45, 7) is 16.0. The summed E-state index contributed by atoms with van der Waals surface area (Å²) < 4.78 is 26.0. The number of para-hydroxylation sites is 1. The van der Waals surface area contributed by atoms with Gasteiger partial charge in [-0.2, -0.15) is 0 Å². The van der Waals surface area contributed by atoms with Gasteiger partial charge in [0.25, 0.3) is 0 Å². The maximum Gasteiger partial charge on any atom is 0.410 e. The van der Waals surface area contributed by atoms with E-state index in [2.05, 4.69) is 10.6 Å². The number of nitrogens with zero attached hydrogens (tertiary/aromatic N) is 4. The largest absolute Gasteiger partial charge is 0.491 e. The number of aromatic nitrogens is 2. The summed E-state index contributed by atoms with van der Waals surface area (Å²) >= 11 is 6.10. The van der Waals surface area contributed by atoms with Gasteiger partial charge in [-0.05, 0) is 135 Å². The molecule has 0 radical (unpaired) electrons. The van der Waals surface area contributed by atoms with Gasteiger partial charge in [-0.25, -0.2) is 14.6 Å². The van der Waals surface area contributed by atoms with E-state index < -0.39 is 11.2 Å². The van der Waals surface area contributed by atoms with Crippen LogP contribution in [0, 0.1) is 11.8 Å². The predicted octanol–water partition coefficient (Wildman–Crippen LogP) is 9.11. The van der Waals surface area contributed by atoms with Crippen molar-refractivity contribution >= 4 is 34.8 Å². The fourth-order valence-corrected chi connectivity index (χ4v) is 6.85. The number of aryl methyl sites for hydroxylation is 1. The van der Waals surface area contributed by atoms with E-state index in [4.69, 9.17) is 35.5 Å². The minimum atomic E-state index is -0.499. The molecule has 2 fully saturated rings. The fourth-order valence-electron chi connectivity index (χ4n) is 6.72. The molecule has 2 aliphatic rings. The lowest BCUT2D eigenvalue weighted by Gasteiger charge is -2.34. The number of hydrogen-bond donors (Lipinski definition) is 0. The second-order valence-electron chi connectivity index (χ2n) is 15.7. The molecule has 1 atom stereocenters. The summed E-state index contributed by atoms with van der Waals surface area (Å²) in [4.78, 5) is 34.0. The average molecular weight is 711 g/mol. The normalized spacial score (nSPS) is 17.5. The van der Waals surface area contributed by atoms with Crippen molar-refractivity contribution < 1.29 is 28.5 Å². The Morgan fingerprint density at radius 3 is 2.18 bits per heavy atom. The molecule has 2 aliphatic heterocycles. The molecule has 2 aromatic carbocycles. The lowest BCUT2D eigenvalue weighted by Crippen LogP contribution is -2.42. The number of rotatable bonds is 11. The van der Waals surface area contributed by atoms with Crippen molar-refractivity contribution in [2.75, 3.05) is 32.8 Å². The lowest BCUT2D eigenvalue weighted by molar-refractivity contribution is 0.0155. The maximum absolute atomic E-state index is 12.7. The molecule has 11 heteroatoms. The maximum atomic E-state index is 12.7. The van der Waals surface area contributed by atoms with Crippen molar-refractivity contribution in [1.82, 2.24) is 19.4 Å². The molecule has 274 valence electrons. The molecule has 5 rings (SSSR count). The molecule has 0 spiro atoms. The van der Waals surface area contributed by atoms with Gasteiger partial charge in [-0.3, -0.25) is 0 Å². The van der Waals surface area contributed by atoms with Gasteiger partial charge in [0.1, 0.15) is 40.6 Å². The van der Waals surface area contributed by atoms with Crippen LogP contribution in [0.5, 0.6) is 11.5 Å². The molecule has 2 amide bonds. The topological polar surface area (TPSA) is 95.4 Å². The van der Waals surface area contributed by atoms with Crippen LogP contribution in [0.2, 0.25) is 5.02 Å². The van der Waals surface area contributed by atoms with Gasteiger partial charge in [-0.1, -0.05) is 17.7 Å². The van der Waals surface area contributed by atoms with Crippen LogP contribution in [0.4, 0.5) is 9.59 Å². The smallest absolute Gasteiger partial charge is 0.410 e. The summed E-state index contributed by atoms with van der Waals surface area (Å²) in [5, 5.41) is 0.660. The predicted molar refractivity (Wildman–Crippen MR) is 196 cm³/mol. The molecule has 2 saturated heterocycles. The molecular formula is C39H55ClN4O6. The highest BCUT2D eigenvalue weighted by atomic mass is 35.5. The van der Waals surface area contributed by atoms with Gasteiger partial charge in [0.2, 0.25) is 0 Å². The monoisotopic (exact) mass is 710 g/mol. The van der Waals surface area contributed by atoms with Gasteiger partial charge in [-0.15, -0.1) is 0 Å². The second-order valence-corrected chi connectivity index (χ2v) is 16.1. The number of carbonyl (C=O) groups excluding carboxylic acids is 2. The van der Waals surface area contributed by atoms with Crippen molar-refractivity contribution in [2.45, 2.75) is 111 Å². The Hall–Kier alpha value is -3.66. The van der Waals surface area contributed by atoms with E-state index in [9.17, 15) is 9.59 Å². The molecule has 1 unspecified atom stereocenters. The quantitative estimate of drug-likeness (QED) is 0.196. The number of ether oxygens (including phenoxy) is 4. The first-order chi connectivity index (χ1) is 23.7. The second kappa shape index (κ2) is 16.6. The highest BCUT2D eigenvalue weighted by molar-refractivity contribution is 6.30. The van der Waals surface area contributed by atoms with Crippen molar-refractivity contribution in [3.05, 3.63) is 53.3 Å². The first-order valence-corrected chi connectivity index (χ1v) is 18.6. The standard InChI is InChI=1S/C39H55ClN4O6/c1-38(2,3)49-36(45)42-23-18-28(19-24-42)20-25-47-33-13-7-12-32-35(33)41-34(27-48-31-16-14-30(40)15-17-31)44(32)22-9-11-29-10-8-21-43(26-29)37(46)50-39(4,5)6/h7,12-17,28-29H,8-11,18-27H2,1-6H3. The Kier molecular flexibility index (Phi) is 12.5. The van der Waals surface area contributed by atoms with Gasteiger partial charge < -0.3 is 33.3 Å². The number of carbonyl (C=O) groups is 2.